The van der Waals surface area contributed by atoms with E-state index in [1.807, 2.05) is 0 Å². The van der Waals surface area contributed by atoms with Crippen molar-refractivity contribution in [3.8, 4) is 0 Å². The van der Waals surface area contributed by atoms with Crippen molar-refractivity contribution in [2.45, 2.75) is 6.04 Å². The van der Waals surface area contributed by atoms with Gasteiger partial charge in [-0.2, -0.15) is 0 Å². The van der Waals surface area contributed by atoms with Crippen molar-refractivity contribution in [3.05, 3.63) is 71.5 Å². The fraction of sp³-hybridized carbons (Fsp3) is 0.125. The van der Waals surface area contributed by atoms with Gasteiger partial charge in [-0.1, -0.05) is 30.3 Å². The first-order chi connectivity index (χ1) is 10.1. The summed E-state index contributed by atoms with van der Waals surface area (Å²) in [7, 11) is 1.25. The number of methoxy groups -OCH3 is 1. The van der Waals surface area contributed by atoms with Gasteiger partial charge in [0.05, 0.1) is 7.11 Å². The average molecular weight is 287 g/mol. The van der Waals surface area contributed by atoms with E-state index >= 15 is 0 Å². The molecule has 0 spiro atoms. The standard InChI is InChI=1S/C16H14FNO3/c1-21-16(20)14(11-5-3-2-4-6-11)18-15(19)12-7-9-13(17)10-8-12/h2-10,14H,1H3,(H,18,19)/t14-/m1/s1. The van der Waals surface area contributed by atoms with E-state index in [9.17, 15) is 14.0 Å². The second-order valence-electron chi connectivity index (χ2n) is 4.35. The maximum Gasteiger partial charge on any atom is 0.333 e. The molecule has 2 rings (SSSR count). The molecule has 0 unspecified atom stereocenters. The van der Waals surface area contributed by atoms with Crippen molar-refractivity contribution in [2.24, 2.45) is 0 Å². The second kappa shape index (κ2) is 6.65. The number of nitrogens with one attached hydrogen (secondary N) is 1. The Hall–Kier alpha value is -2.69. The third kappa shape index (κ3) is 3.66. The highest BCUT2D eigenvalue weighted by Crippen LogP contribution is 2.15. The van der Waals surface area contributed by atoms with E-state index in [4.69, 9.17) is 4.74 Å². The zero-order chi connectivity index (χ0) is 15.2. The number of carbonyl (C=O) groups excluding carboxylic acids is 2. The molecule has 0 saturated heterocycles. The summed E-state index contributed by atoms with van der Waals surface area (Å²) in [6.45, 7) is 0. The molecule has 0 heterocycles. The molecule has 4 nitrogen and oxygen atoms in total. The molecule has 0 saturated carbocycles. The molecular weight excluding hydrogens is 273 g/mol. The van der Waals surface area contributed by atoms with Crippen LogP contribution in [0.1, 0.15) is 22.0 Å². The van der Waals surface area contributed by atoms with Gasteiger partial charge in [0.1, 0.15) is 5.82 Å². The van der Waals surface area contributed by atoms with Crippen molar-refractivity contribution in [2.75, 3.05) is 7.11 Å². The predicted molar refractivity (Wildman–Crippen MR) is 75.1 cm³/mol. The monoisotopic (exact) mass is 287 g/mol. The van der Waals surface area contributed by atoms with E-state index < -0.39 is 23.7 Å². The smallest absolute Gasteiger partial charge is 0.333 e. The Kier molecular flexibility index (Phi) is 4.66. The summed E-state index contributed by atoms with van der Waals surface area (Å²) in [5, 5.41) is 2.58. The van der Waals surface area contributed by atoms with Crippen molar-refractivity contribution in [1.82, 2.24) is 5.32 Å². The first-order valence-electron chi connectivity index (χ1n) is 6.31. The van der Waals surface area contributed by atoms with Crippen LogP contribution in [-0.4, -0.2) is 19.0 Å². The summed E-state index contributed by atoms with van der Waals surface area (Å²) in [4.78, 5) is 24.0. The van der Waals surface area contributed by atoms with Crippen LogP contribution in [0, 0.1) is 5.82 Å². The SMILES string of the molecule is COC(=O)[C@H](NC(=O)c1ccc(F)cc1)c1ccccc1. The largest absolute Gasteiger partial charge is 0.467 e. The number of esters is 1. The Morgan fingerprint density at radius 2 is 1.67 bits per heavy atom. The zero-order valence-electron chi connectivity index (χ0n) is 11.4. The molecule has 21 heavy (non-hydrogen) atoms. The summed E-state index contributed by atoms with van der Waals surface area (Å²) in [6, 6.07) is 12.9. The molecule has 1 amide bonds. The van der Waals surface area contributed by atoms with Crippen LogP contribution in [-0.2, 0) is 9.53 Å². The van der Waals surface area contributed by atoms with Gasteiger partial charge in [-0.15, -0.1) is 0 Å². The van der Waals surface area contributed by atoms with E-state index in [0.29, 0.717) is 5.56 Å². The minimum absolute atomic E-state index is 0.265. The molecule has 0 aliphatic heterocycles. The molecule has 0 aromatic heterocycles. The number of rotatable bonds is 4. The minimum Gasteiger partial charge on any atom is -0.467 e. The first-order valence-corrected chi connectivity index (χ1v) is 6.31. The highest BCUT2D eigenvalue weighted by Gasteiger charge is 2.23. The van der Waals surface area contributed by atoms with Crippen LogP contribution in [0.3, 0.4) is 0 Å². The lowest BCUT2D eigenvalue weighted by Gasteiger charge is -2.16. The summed E-state index contributed by atoms with van der Waals surface area (Å²) < 4.78 is 17.6. The maximum absolute atomic E-state index is 12.9. The number of ether oxygens (including phenoxy) is 1. The Morgan fingerprint density at radius 3 is 2.24 bits per heavy atom. The summed E-state index contributed by atoms with van der Waals surface area (Å²) >= 11 is 0. The number of benzene rings is 2. The van der Waals surface area contributed by atoms with E-state index in [0.717, 1.165) is 0 Å². The van der Waals surface area contributed by atoms with Crippen molar-refractivity contribution in [1.29, 1.82) is 0 Å². The van der Waals surface area contributed by atoms with Gasteiger partial charge in [-0.05, 0) is 29.8 Å². The van der Waals surface area contributed by atoms with E-state index in [1.165, 1.54) is 31.4 Å². The molecule has 2 aromatic carbocycles. The Bertz CT molecular complexity index is 626. The molecule has 0 radical (unpaired) electrons. The first kappa shape index (κ1) is 14.7. The molecule has 5 heteroatoms. The van der Waals surface area contributed by atoms with E-state index in [1.54, 1.807) is 30.3 Å². The third-order valence-corrected chi connectivity index (χ3v) is 2.95. The Balaban J connectivity index is 2.21. The van der Waals surface area contributed by atoms with Gasteiger partial charge in [0.15, 0.2) is 6.04 Å². The quantitative estimate of drug-likeness (QED) is 0.879. The lowest BCUT2D eigenvalue weighted by Crippen LogP contribution is -2.34. The number of hydrogen-bond donors (Lipinski definition) is 1. The highest BCUT2D eigenvalue weighted by atomic mass is 19.1. The zero-order valence-corrected chi connectivity index (χ0v) is 11.4. The fourth-order valence-corrected chi connectivity index (χ4v) is 1.86. The van der Waals surface area contributed by atoms with Gasteiger partial charge in [-0.3, -0.25) is 4.79 Å². The number of halogens is 1. The van der Waals surface area contributed by atoms with Gasteiger partial charge >= 0.3 is 5.97 Å². The lowest BCUT2D eigenvalue weighted by molar-refractivity contribution is -0.143. The van der Waals surface area contributed by atoms with Crippen LogP contribution in [0.5, 0.6) is 0 Å². The molecule has 1 atom stereocenters. The average Bonchev–Trinajstić information content (AvgIpc) is 2.53. The number of amides is 1. The topological polar surface area (TPSA) is 55.4 Å². The highest BCUT2D eigenvalue weighted by molar-refractivity contribution is 5.97. The molecule has 0 bridgehead atoms. The normalized spacial score (nSPS) is 11.5. The van der Waals surface area contributed by atoms with Gasteiger partial charge in [0, 0.05) is 5.56 Å². The molecule has 0 aliphatic rings. The summed E-state index contributed by atoms with van der Waals surface area (Å²) in [5.41, 5.74) is 0.876. The summed E-state index contributed by atoms with van der Waals surface area (Å²) in [5.74, 6) is -1.48. The predicted octanol–water partition coefficient (Wildman–Crippen LogP) is 2.47. The molecule has 2 aromatic rings. The number of carbonyl (C=O) groups is 2. The van der Waals surface area contributed by atoms with Gasteiger partial charge < -0.3 is 10.1 Å². The van der Waals surface area contributed by atoms with E-state index in [2.05, 4.69) is 5.32 Å². The van der Waals surface area contributed by atoms with Gasteiger partial charge in [0.2, 0.25) is 0 Å². The Labute approximate surface area is 121 Å². The fourth-order valence-electron chi connectivity index (χ4n) is 1.86. The van der Waals surface area contributed by atoms with Crippen molar-refractivity contribution < 1.29 is 18.7 Å². The van der Waals surface area contributed by atoms with Gasteiger partial charge in [-0.25, -0.2) is 9.18 Å². The minimum atomic E-state index is -0.909. The van der Waals surface area contributed by atoms with E-state index in [-0.39, 0.29) is 5.56 Å². The van der Waals surface area contributed by atoms with Crippen LogP contribution < -0.4 is 5.32 Å². The van der Waals surface area contributed by atoms with Crippen LogP contribution in [0.4, 0.5) is 4.39 Å². The third-order valence-electron chi connectivity index (χ3n) is 2.95. The lowest BCUT2D eigenvalue weighted by atomic mass is 10.1. The van der Waals surface area contributed by atoms with Crippen LogP contribution in [0.2, 0.25) is 0 Å². The van der Waals surface area contributed by atoms with Crippen LogP contribution in [0.25, 0.3) is 0 Å². The van der Waals surface area contributed by atoms with Crippen LogP contribution >= 0.6 is 0 Å². The Morgan fingerprint density at radius 1 is 1.05 bits per heavy atom. The molecule has 0 aliphatic carbocycles. The maximum atomic E-state index is 12.9. The van der Waals surface area contributed by atoms with Crippen molar-refractivity contribution >= 4 is 11.9 Å². The van der Waals surface area contributed by atoms with Crippen molar-refractivity contribution in [3.63, 3.8) is 0 Å². The molecule has 108 valence electrons. The summed E-state index contributed by atoms with van der Waals surface area (Å²) in [6.07, 6.45) is 0. The molecular formula is C16H14FNO3. The van der Waals surface area contributed by atoms with Crippen LogP contribution in [0.15, 0.2) is 54.6 Å². The molecule has 0 fully saturated rings. The second-order valence-corrected chi connectivity index (χ2v) is 4.35. The molecule has 1 N–H and O–H groups in total. The number of hydrogen-bond acceptors (Lipinski definition) is 3. The van der Waals surface area contributed by atoms with Gasteiger partial charge in [0.25, 0.3) is 5.91 Å².